The number of rotatable bonds is 3. The average Bonchev–Trinajstić information content (AvgIpc) is 2.51. The van der Waals surface area contributed by atoms with Crippen molar-refractivity contribution in [3.63, 3.8) is 0 Å². The van der Waals surface area contributed by atoms with E-state index in [0.717, 1.165) is 19.5 Å². The highest BCUT2D eigenvalue weighted by Crippen LogP contribution is 2.24. The Hall–Kier alpha value is -2.25. The number of piperidine rings is 1. The lowest BCUT2D eigenvalue weighted by Gasteiger charge is -2.34. The van der Waals surface area contributed by atoms with Crippen LogP contribution in [0.2, 0.25) is 0 Å². The normalized spacial score (nSPS) is 20.6. The van der Waals surface area contributed by atoms with Crippen LogP contribution in [0.15, 0.2) is 11.1 Å². The topological polar surface area (TPSA) is 108 Å². The highest BCUT2D eigenvalue weighted by Gasteiger charge is 2.26. The number of amides is 1. The summed E-state index contributed by atoms with van der Waals surface area (Å²) in [6.45, 7) is 5.89. The summed E-state index contributed by atoms with van der Waals surface area (Å²) in [6, 6.07) is 5.41. The molecule has 2 atom stereocenters. The number of hydrogen-bond acceptors (Lipinski definition) is 5. The number of aromatic amines is 1. The largest absolute Gasteiger partial charge is 0.341 e. The summed E-state index contributed by atoms with van der Waals surface area (Å²) in [4.78, 5) is 17.1. The molecule has 1 fully saturated rings. The summed E-state index contributed by atoms with van der Waals surface area (Å²) < 4.78 is 0. The Bertz CT molecular complexity index is 681. The molecule has 7 heteroatoms. The van der Waals surface area contributed by atoms with Gasteiger partial charge in [0.2, 0.25) is 5.91 Å². The van der Waals surface area contributed by atoms with Gasteiger partial charge in [0, 0.05) is 13.1 Å². The minimum absolute atomic E-state index is 0.0635. The Morgan fingerprint density at radius 1 is 1.35 bits per heavy atom. The number of thioether (sulfide) groups is 1. The molecule has 1 aliphatic rings. The van der Waals surface area contributed by atoms with Gasteiger partial charge in [0.05, 0.1) is 5.75 Å². The van der Waals surface area contributed by atoms with E-state index in [-0.39, 0.29) is 23.0 Å². The molecule has 0 radical (unpaired) electrons. The van der Waals surface area contributed by atoms with Crippen LogP contribution in [-0.2, 0) is 4.79 Å². The molecular formula is C16H20N5OS+. The molecule has 0 saturated carbocycles. The number of nitriles is 2. The van der Waals surface area contributed by atoms with Crippen molar-refractivity contribution < 1.29 is 9.78 Å². The third-order valence-corrected chi connectivity index (χ3v) is 4.88. The number of anilines is 1. The fourth-order valence-electron chi connectivity index (χ4n) is 2.93. The Morgan fingerprint density at radius 2 is 1.96 bits per heavy atom. The molecule has 2 rings (SSSR count). The molecule has 2 heterocycles. The van der Waals surface area contributed by atoms with Gasteiger partial charge < -0.3 is 4.90 Å². The third kappa shape index (κ3) is 4.14. The lowest BCUT2D eigenvalue weighted by Crippen LogP contribution is -2.43. The van der Waals surface area contributed by atoms with Crippen molar-refractivity contribution in [3.05, 3.63) is 17.2 Å². The number of nitrogens with one attached hydrogen (secondary N) is 1. The minimum Gasteiger partial charge on any atom is -0.341 e. The molecule has 23 heavy (non-hydrogen) atoms. The highest BCUT2D eigenvalue weighted by atomic mass is 32.2. The van der Waals surface area contributed by atoms with Crippen LogP contribution in [0.5, 0.6) is 0 Å². The van der Waals surface area contributed by atoms with E-state index in [1.54, 1.807) is 0 Å². The Balaban J connectivity index is 2.06. The molecular weight excluding hydrogens is 310 g/mol. The Labute approximate surface area is 140 Å². The van der Waals surface area contributed by atoms with Gasteiger partial charge in [0.15, 0.2) is 5.03 Å². The number of aromatic nitrogens is 1. The number of nitrogens with two attached hydrogens (primary N) is 1. The molecule has 1 saturated heterocycles. The number of carbonyl (C=O) groups excluding carboxylic acids is 1. The molecule has 3 N–H and O–H groups in total. The SMILES string of the molecule is C[C@@H]1C[C@H](C)CN(C(=O)CSc2[nH+]c(N)c(C#N)cc2C#N)C1. The Morgan fingerprint density at radius 3 is 2.52 bits per heavy atom. The lowest BCUT2D eigenvalue weighted by atomic mass is 9.92. The van der Waals surface area contributed by atoms with Gasteiger partial charge in [-0.05, 0) is 24.3 Å². The number of hydrogen-bond donors (Lipinski definition) is 1. The molecule has 0 bridgehead atoms. The van der Waals surface area contributed by atoms with Gasteiger partial charge in [-0.1, -0.05) is 25.6 Å². The first-order valence-electron chi connectivity index (χ1n) is 7.51. The van der Waals surface area contributed by atoms with Crippen LogP contribution in [0, 0.1) is 34.5 Å². The molecule has 0 unspecified atom stereocenters. The van der Waals surface area contributed by atoms with E-state index >= 15 is 0 Å². The number of nitrogen functional groups attached to an aromatic ring is 1. The maximum atomic E-state index is 12.4. The van der Waals surface area contributed by atoms with Gasteiger partial charge >= 0.3 is 0 Å². The molecule has 0 aromatic carbocycles. The number of likely N-dealkylation sites (tertiary alicyclic amines) is 1. The zero-order valence-corrected chi connectivity index (χ0v) is 14.1. The quantitative estimate of drug-likeness (QED) is 0.843. The van der Waals surface area contributed by atoms with Crippen LogP contribution >= 0.6 is 11.8 Å². The van der Waals surface area contributed by atoms with Crippen LogP contribution in [-0.4, -0.2) is 29.6 Å². The van der Waals surface area contributed by atoms with Crippen LogP contribution in [0.1, 0.15) is 31.4 Å². The number of H-pyrrole nitrogens is 1. The second-order valence-corrected chi connectivity index (χ2v) is 7.08. The van der Waals surface area contributed by atoms with Gasteiger partial charge in [-0.25, -0.2) is 4.98 Å². The van der Waals surface area contributed by atoms with E-state index in [1.807, 2.05) is 17.0 Å². The molecule has 0 spiro atoms. The fourth-order valence-corrected chi connectivity index (χ4v) is 3.82. The first kappa shape index (κ1) is 17.1. The molecule has 1 aromatic heterocycles. The summed E-state index contributed by atoms with van der Waals surface area (Å²) in [7, 11) is 0. The van der Waals surface area contributed by atoms with Crippen molar-refractivity contribution in [2.45, 2.75) is 25.3 Å². The van der Waals surface area contributed by atoms with Crippen LogP contribution < -0.4 is 10.7 Å². The van der Waals surface area contributed by atoms with Crippen LogP contribution in [0.25, 0.3) is 0 Å². The second-order valence-electron chi connectivity index (χ2n) is 6.10. The van der Waals surface area contributed by atoms with Crippen molar-refractivity contribution in [2.24, 2.45) is 11.8 Å². The van der Waals surface area contributed by atoms with E-state index in [2.05, 4.69) is 18.8 Å². The van der Waals surface area contributed by atoms with Gasteiger partial charge in [-0.15, -0.1) is 0 Å². The van der Waals surface area contributed by atoms with Crippen LogP contribution in [0.4, 0.5) is 5.82 Å². The highest BCUT2D eigenvalue weighted by molar-refractivity contribution is 7.99. The summed E-state index contributed by atoms with van der Waals surface area (Å²) in [5.74, 6) is 1.55. The van der Waals surface area contributed by atoms with E-state index in [1.165, 1.54) is 17.8 Å². The van der Waals surface area contributed by atoms with Crippen molar-refractivity contribution in [1.82, 2.24) is 4.90 Å². The van der Waals surface area contributed by atoms with Gasteiger partial charge in [0.1, 0.15) is 23.3 Å². The van der Waals surface area contributed by atoms with Crippen LogP contribution in [0.3, 0.4) is 0 Å². The average molecular weight is 330 g/mol. The zero-order chi connectivity index (χ0) is 17.0. The van der Waals surface area contributed by atoms with Crippen molar-refractivity contribution >= 4 is 23.5 Å². The lowest BCUT2D eigenvalue weighted by molar-refractivity contribution is -0.410. The van der Waals surface area contributed by atoms with Crippen molar-refractivity contribution in [3.8, 4) is 12.1 Å². The molecule has 1 aromatic rings. The second kappa shape index (κ2) is 7.34. The monoisotopic (exact) mass is 330 g/mol. The van der Waals surface area contributed by atoms with Gasteiger partial charge in [0.25, 0.3) is 5.82 Å². The summed E-state index contributed by atoms with van der Waals surface area (Å²) in [6.07, 6.45) is 1.15. The molecule has 0 aliphatic carbocycles. The van der Waals surface area contributed by atoms with E-state index in [9.17, 15) is 10.1 Å². The standard InChI is InChI=1S/C16H19N5OS/c1-10-3-11(2)8-21(7-10)14(22)9-23-16-13(6-18)4-12(5-17)15(19)20-16/h4,10-11H,3,7-9H2,1-2H3,(H2,19,20)/p+1/t10-,11+. The summed E-state index contributed by atoms with van der Waals surface area (Å²) in [5, 5.41) is 18.6. The smallest absolute Gasteiger partial charge is 0.289 e. The number of pyridine rings is 1. The maximum Gasteiger partial charge on any atom is 0.289 e. The molecule has 1 aliphatic heterocycles. The first-order valence-corrected chi connectivity index (χ1v) is 8.49. The predicted molar refractivity (Wildman–Crippen MR) is 87.1 cm³/mol. The summed E-state index contributed by atoms with van der Waals surface area (Å²) in [5.41, 5.74) is 6.30. The maximum absolute atomic E-state index is 12.4. The van der Waals surface area contributed by atoms with Gasteiger partial charge in [-0.3, -0.25) is 10.5 Å². The summed E-state index contributed by atoms with van der Waals surface area (Å²) >= 11 is 1.25. The molecule has 120 valence electrons. The van der Waals surface area contributed by atoms with Crippen molar-refractivity contribution in [1.29, 1.82) is 10.5 Å². The van der Waals surface area contributed by atoms with E-state index in [4.69, 9.17) is 11.0 Å². The predicted octanol–water partition coefficient (Wildman–Crippen LogP) is 1.42. The molecule has 1 amide bonds. The molecule has 6 nitrogen and oxygen atoms in total. The van der Waals surface area contributed by atoms with Gasteiger partial charge in [-0.2, -0.15) is 10.5 Å². The van der Waals surface area contributed by atoms with E-state index in [0.29, 0.717) is 22.4 Å². The number of carbonyl (C=O) groups is 1. The van der Waals surface area contributed by atoms with Crippen molar-refractivity contribution in [2.75, 3.05) is 24.6 Å². The third-order valence-electron chi connectivity index (χ3n) is 3.87. The fraction of sp³-hybridized carbons (Fsp3) is 0.500. The minimum atomic E-state index is 0.0635. The van der Waals surface area contributed by atoms with E-state index < -0.39 is 0 Å². The first-order chi connectivity index (χ1) is 10.9. The number of nitrogens with zero attached hydrogens (tertiary/aromatic N) is 3. The zero-order valence-electron chi connectivity index (χ0n) is 13.3. The Kier molecular flexibility index (Phi) is 5.46.